The molecule has 0 fully saturated rings. The molecule has 0 atom stereocenters. The van der Waals surface area contributed by atoms with Crippen molar-refractivity contribution >= 4 is 15.5 Å². The Hall–Kier alpha value is -3.37. The van der Waals surface area contributed by atoms with Crippen LogP contribution in [-0.4, -0.2) is 42.0 Å². The number of ether oxygens (including phenoxy) is 1. The molecule has 190 valence electrons. The first kappa shape index (κ1) is 25.7. The number of rotatable bonds is 8. The third-order valence-corrected chi connectivity index (χ3v) is 6.98. The van der Waals surface area contributed by atoms with Gasteiger partial charge in [-0.25, -0.2) is 13.4 Å². The molecule has 0 aliphatic heterocycles. The molecule has 2 heterocycles. The minimum absolute atomic E-state index is 0.124. The molecule has 0 radical (unpaired) electrons. The second kappa shape index (κ2) is 9.94. The fourth-order valence-corrected chi connectivity index (χ4v) is 4.68. The van der Waals surface area contributed by atoms with Gasteiger partial charge in [0.25, 0.3) is 0 Å². The monoisotopic (exact) mass is 517 g/mol. The van der Waals surface area contributed by atoms with E-state index in [0.717, 1.165) is 25.4 Å². The SMILES string of the molecule is CCN(CC)Cc1nc2c(C(F)(F)F)cccn2c1-c1cccc(Oc2cccc(S(C)(=O)=O)c2)c1. The number of hydrogen-bond acceptors (Lipinski definition) is 5. The Labute approximate surface area is 207 Å². The number of nitrogens with zero attached hydrogens (tertiary/aromatic N) is 3. The highest BCUT2D eigenvalue weighted by Gasteiger charge is 2.35. The van der Waals surface area contributed by atoms with Crippen LogP contribution >= 0.6 is 0 Å². The quantitative estimate of drug-likeness (QED) is 0.284. The fraction of sp³-hybridized carbons (Fsp3) is 0.269. The van der Waals surface area contributed by atoms with Crippen LogP contribution in [0.4, 0.5) is 13.2 Å². The van der Waals surface area contributed by atoms with E-state index < -0.39 is 21.6 Å². The molecule has 0 spiro atoms. The number of halogens is 3. The third-order valence-electron chi connectivity index (χ3n) is 5.87. The molecule has 4 aromatic rings. The van der Waals surface area contributed by atoms with Gasteiger partial charge in [0.05, 0.1) is 21.8 Å². The van der Waals surface area contributed by atoms with E-state index in [1.165, 1.54) is 22.6 Å². The lowest BCUT2D eigenvalue weighted by Crippen LogP contribution is -2.22. The topological polar surface area (TPSA) is 63.9 Å². The van der Waals surface area contributed by atoms with Crippen molar-refractivity contribution in [2.24, 2.45) is 0 Å². The van der Waals surface area contributed by atoms with E-state index >= 15 is 0 Å². The summed E-state index contributed by atoms with van der Waals surface area (Å²) in [6, 6.07) is 15.5. The van der Waals surface area contributed by atoms with Gasteiger partial charge in [-0.15, -0.1) is 0 Å². The number of hydrogen-bond donors (Lipinski definition) is 0. The van der Waals surface area contributed by atoms with Gasteiger partial charge in [0.2, 0.25) is 0 Å². The van der Waals surface area contributed by atoms with Gasteiger partial charge in [0.15, 0.2) is 9.84 Å². The van der Waals surface area contributed by atoms with E-state index in [1.807, 2.05) is 13.8 Å². The summed E-state index contributed by atoms with van der Waals surface area (Å²) in [5.74, 6) is 0.741. The summed E-state index contributed by atoms with van der Waals surface area (Å²) in [5.41, 5.74) is 0.724. The number of pyridine rings is 1. The molecule has 0 N–H and O–H groups in total. The number of benzene rings is 2. The van der Waals surface area contributed by atoms with Crippen LogP contribution in [0.25, 0.3) is 16.9 Å². The molecule has 0 bridgehead atoms. The van der Waals surface area contributed by atoms with Crippen LogP contribution in [0.3, 0.4) is 0 Å². The van der Waals surface area contributed by atoms with Crippen molar-refractivity contribution in [3.8, 4) is 22.8 Å². The minimum atomic E-state index is -4.55. The Morgan fingerprint density at radius 3 is 2.28 bits per heavy atom. The second-order valence-electron chi connectivity index (χ2n) is 8.36. The molecule has 0 aliphatic rings. The normalized spacial score (nSPS) is 12.4. The van der Waals surface area contributed by atoms with Crippen molar-refractivity contribution in [2.75, 3.05) is 19.3 Å². The Kier molecular flexibility index (Phi) is 7.10. The molecule has 10 heteroatoms. The van der Waals surface area contributed by atoms with Crippen molar-refractivity contribution in [1.82, 2.24) is 14.3 Å². The van der Waals surface area contributed by atoms with Crippen LogP contribution < -0.4 is 4.74 Å². The Morgan fingerprint density at radius 1 is 0.972 bits per heavy atom. The van der Waals surface area contributed by atoms with Gasteiger partial charge in [-0.1, -0.05) is 32.0 Å². The Morgan fingerprint density at radius 2 is 1.64 bits per heavy atom. The van der Waals surface area contributed by atoms with E-state index in [1.54, 1.807) is 42.6 Å². The predicted octanol–water partition coefficient (Wildman–Crippen LogP) is 6.06. The molecule has 2 aromatic carbocycles. The van der Waals surface area contributed by atoms with Gasteiger partial charge in [-0.2, -0.15) is 13.2 Å². The summed E-state index contributed by atoms with van der Waals surface area (Å²) in [4.78, 5) is 6.64. The average molecular weight is 518 g/mol. The van der Waals surface area contributed by atoms with Crippen LogP contribution in [0.2, 0.25) is 0 Å². The molecular formula is C26H26F3N3O3S. The number of alkyl halides is 3. The first-order valence-corrected chi connectivity index (χ1v) is 13.3. The van der Waals surface area contributed by atoms with Crippen LogP contribution in [0.15, 0.2) is 71.8 Å². The molecule has 0 saturated heterocycles. The summed E-state index contributed by atoms with van der Waals surface area (Å²) in [7, 11) is -3.41. The van der Waals surface area contributed by atoms with Crippen LogP contribution in [0.1, 0.15) is 25.1 Å². The largest absolute Gasteiger partial charge is 0.457 e. The van der Waals surface area contributed by atoms with E-state index in [9.17, 15) is 21.6 Å². The van der Waals surface area contributed by atoms with Gasteiger partial charge < -0.3 is 4.74 Å². The van der Waals surface area contributed by atoms with Crippen molar-refractivity contribution < 1.29 is 26.3 Å². The number of aromatic nitrogens is 2. The van der Waals surface area contributed by atoms with Crippen molar-refractivity contribution in [2.45, 2.75) is 31.5 Å². The van der Waals surface area contributed by atoms with Crippen molar-refractivity contribution in [3.63, 3.8) is 0 Å². The van der Waals surface area contributed by atoms with Gasteiger partial charge in [0.1, 0.15) is 17.1 Å². The molecule has 0 amide bonds. The minimum Gasteiger partial charge on any atom is -0.457 e. The predicted molar refractivity (Wildman–Crippen MR) is 132 cm³/mol. The lowest BCUT2D eigenvalue weighted by atomic mass is 10.1. The first-order valence-electron chi connectivity index (χ1n) is 11.4. The summed E-state index contributed by atoms with van der Waals surface area (Å²) < 4.78 is 72.4. The van der Waals surface area contributed by atoms with Crippen molar-refractivity contribution in [3.05, 3.63) is 78.1 Å². The molecule has 2 aromatic heterocycles. The fourth-order valence-electron chi connectivity index (χ4n) is 4.02. The maximum absolute atomic E-state index is 13.8. The van der Waals surface area contributed by atoms with E-state index in [4.69, 9.17) is 4.74 Å². The van der Waals surface area contributed by atoms with Gasteiger partial charge in [-0.3, -0.25) is 9.30 Å². The lowest BCUT2D eigenvalue weighted by Gasteiger charge is -2.17. The molecule has 36 heavy (non-hydrogen) atoms. The average Bonchev–Trinajstić information content (AvgIpc) is 3.19. The first-order chi connectivity index (χ1) is 17.0. The van der Waals surface area contributed by atoms with E-state index in [0.29, 0.717) is 35.0 Å². The third kappa shape index (κ3) is 5.39. The highest BCUT2D eigenvalue weighted by Crippen LogP contribution is 2.36. The zero-order valence-electron chi connectivity index (χ0n) is 20.1. The van der Waals surface area contributed by atoms with E-state index in [-0.39, 0.29) is 10.5 Å². The number of fused-ring (bicyclic) bond motifs is 1. The molecule has 6 nitrogen and oxygen atoms in total. The molecule has 0 saturated carbocycles. The molecule has 0 aliphatic carbocycles. The van der Waals surface area contributed by atoms with Gasteiger partial charge in [0, 0.05) is 24.6 Å². The number of sulfone groups is 1. The highest BCUT2D eigenvalue weighted by atomic mass is 32.2. The Bertz CT molecular complexity index is 1490. The van der Waals surface area contributed by atoms with Gasteiger partial charge >= 0.3 is 6.18 Å². The summed E-state index contributed by atoms with van der Waals surface area (Å²) in [5, 5.41) is 0. The summed E-state index contributed by atoms with van der Waals surface area (Å²) in [6.45, 7) is 5.78. The molecule has 4 rings (SSSR count). The zero-order valence-corrected chi connectivity index (χ0v) is 20.9. The van der Waals surface area contributed by atoms with Crippen LogP contribution in [0.5, 0.6) is 11.5 Å². The maximum atomic E-state index is 13.8. The van der Waals surface area contributed by atoms with Crippen LogP contribution in [0, 0.1) is 0 Å². The summed E-state index contributed by atoms with van der Waals surface area (Å²) in [6.07, 6.45) is -1.86. The molecular weight excluding hydrogens is 491 g/mol. The summed E-state index contributed by atoms with van der Waals surface area (Å²) >= 11 is 0. The van der Waals surface area contributed by atoms with E-state index in [2.05, 4.69) is 9.88 Å². The Balaban J connectivity index is 1.83. The zero-order chi connectivity index (χ0) is 26.1. The van der Waals surface area contributed by atoms with Crippen molar-refractivity contribution in [1.29, 1.82) is 0 Å². The smallest absolute Gasteiger partial charge is 0.419 e. The molecule has 0 unspecified atom stereocenters. The van der Waals surface area contributed by atoms with Crippen LogP contribution in [-0.2, 0) is 22.6 Å². The maximum Gasteiger partial charge on any atom is 0.419 e. The van der Waals surface area contributed by atoms with Gasteiger partial charge in [-0.05, 0) is 55.6 Å². The standard InChI is InChI=1S/C26H26F3N3O3S/c1-4-31(5-2)17-23-24(32-14-8-13-22(25(32)30-23)26(27,28)29)18-9-6-10-19(15-18)35-20-11-7-12-21(16-20)36(3,33)34/h6-16H,4-5,17H2,1-3H3. The number of imidazole rings is 1. The highest BCUT2D eigenvalue weighted by molar-refractivity contribution is 7.90. The lowest BCUT2D eigenvalue weighted by molar-refractivity contribution is -0.136. The second-order valence-corrected chi connectivity index (χ2v) is 10.4.